The lowest BCUT2D eigenvalue weighted by Gasteiger charge is -2.37. The summed E-state index contributed by atoms with van der Waals surface area (Å²) >= 11 is 9.62. The second kappa shape index (κ2) is 15.7. The van der Waals surface area contributed by atoms with Crippen molar-refractivity contribution in [3.8, 4) is 0 Å². The van der Waals surface area contributed by atoms with Crippen LogP contribution in [-0.4, -0.2) is 78.7 Å². The molecule has 0 radical (unpaired) electrons. The number of thiocarbonyl (C=S) groups is 2. The summed E-state index contributed by atoms with van der Waals surface area (Å²) in [5, 5.41) is 9.96. The second-order valence-corrected chi connectivity index (χ2v) is 13.9. The molecule has 0 heterocycles. The Balaban J connectivity index is 0. The molecular formula is C18H40O8S2Si2. The van der Waals surface area contributed by atoms with E-state index in [2.05, 4.69) is 0 Å². The fourth-order valence-corrected chi connectivity index (χ4v) is 7.04. The topological polar surface area (TPSA) is 84.8 Å². The van der Waals surface area contributed by atoms with Crippen LogP contribution in [0.5, 0.6) is 0 Å². The molecule has 1 unspecified atom stereocenters. The molecular weight excluding hydrogens is 464 g/mol. The van der Waals surface area contributed by atoms with E-state index in [1.807, 2.05) is 41.5 Å². The third-order valence-corrected chi connectivity index (χ3v) is 10.3. The zero-order valence-corrected chi connectivity index (χ0v) is 23.8. The van der Waals surface area contributed by atoms with Gasteiger partial charge < -0.3 is 36.4 Å². The van der Waals surface area contributed by atoms with Crippen LogP contribution in [0.1, 0.15) is 55.4 Å². The highest BCUT2D eigenvalue weighted by molar-refractivity contribution is 7.80. The monoisotopic (exact) mass is 504 g/mol. The molecule has 1 N–H and O–H groups in total. The Morgan fingerprint density at radius 2 is 1.10 bits per heavy atom. The molecule has 0 saturated heterocycles. The summed E-state index contributed by atoms with van der Waals surface area (Å²) in [6.07, 6.45) is 0.106. The van der Waals surface area contributed by atoms with Crippen molar-refractivity contribution in [2.24, 2.45) is 0 Å². The summed E-state index contributed by atoms with van der Waals surface area (Å²) in [4.78, 5) is 0. The van der Waals surface area contributed by atoms with E-state index in [1.54, 1.807) is 13.8 Å². The Labute approximate surface area is 195 Å². The fraction of sp³-hybridized carbons (Fsp3) is 0.889. The van der Waals surface area contributed by atoms with E-state index < -0.39 is 23.2 Å². The van der Waals surface area contributed by atoms with Crippen molar-refractivity contribution < 1.29 is 36.4 Å². The molecule has 0 aromatic carbocycles. The Hall–Kier alpha value is -0.0262. The van der Waals surface area contributed by atoms with Crippen molar-refractivity contribution in [1.82, 2.24) is 0 Å². The number of aliphatic hydroxyl groups is 1. The van der Waals surface area contributed by atoms with Crippen LogP contribution in [0.25, 0.3) is 0 Å². The number of aliphatic hydroxyl groups excluding tert-OH is 1. The zero-order chi connectivity index (χ0) is 24.1. The van der Waals surface area contributed by atoms with E-state index in [-0.39, 0.29) is 29.6 Å². The Bertz CT molecular complexity index is 468. The molecule has 0 aromatic heterocycles. The van der Waals surface area contributed by atoms with Crippen molar-refractivity contribution >= 4 is 52.1 Å². The standard InChI is InChI=1S/C12H26O4SSi.C6H14O4SSi/c1-8(2)14-18(15-9(3)4,16-10(5)6)11(7)12(13)17;1-6(11)10-5-12(7-2,8-3)9-4/h8-11H,1-7H3,(H,13,17);5H2,1-4H3. The molecule has 0 aromatic rings. The van der Waals surface area contributed by atoms with E-state index in [4.69, 9.17) is 55.7 Å². The summed E-state index contributed by atoms with van der Waals surface area (Å²) in [7, 11) is -1.05. The summed E-state index contributed by atoms with van der Waals surface area (Å²) in [5.41, 5.74) is -0.417. The quantitative estimate of drug-likeness (QED) is 0.290. The molecule has 0 aliphatic carbocycles. The van der Waals surface area contributed by atoms with Crippen molar-refractivity contribution in [2.75, 3.05) is 27.6 Å². The molecule has 8 nitrogen and oxygen atoms in total. The van der Waals surface area contributed by atoms with E-state index in [0.717, 1.165) is 0 Å². The van der Waals surface area contributed by atoms with Gasteiger partial charge in [0.05, 0.1) is 5.54 Å². The van der Waals surface area contributed by atoms with Gasteiger partial charge in [-0.25, -0.2) is 0 Å². The zero-order valence-electron chi connectivity index (χ0n) is 20.1. The van der Waals surface area contributed by atoms with Crippen LogP contribution in [0.15, 0.2) is 0 Å². The van der Waals surface area contributed by atoms with E-state index >= 15 is 0 Å². The number of hydrogen-bond donors (Lipinski definition) is 1. The first kappa shape index (κ1) is 32.2. The predicted octanol–water partition coefficient (Wildman–Crippen LogP) is 4.24. The van der Waals surface area contributed by atoms with E-state index in [1.165, 1.54) is 21.3 Å². The summed E-state index contributed by atoms with van der Waals surface area (Å²) in [5.74, 6) is 0. The van der Waals surface area contributed by atoms with Crippen LogP contribution >= 0.6 is 24.4 Å². The lowest BCUT2D eigenvalue weighted by atomic mass is 10.5. The van der Waals surface area contributed by atoms with E-state index in [9.17, 15) is 5.11 Å². The fourth-order valence-electron chi connectivity index (χ4n) is 2.14. The van der Waals surface area contributed by atoms with Crippen LogP contribution in [0.4, 0.5) is 0 Å². The van der Waals surface area contributed by atoms with Crippen molar-refractivity contribution in [3.05, 3.63) is 0 Å². The molecule has 0 fully saturated rings. The molecule has 180 valence electrons. The second-order valence-electron chi connectivity index (χ2n) is 7.24. The minimum atomic E-state index is -3.04. The lowest BCUT2D eigenvalue weighted by Crippen LogP contribution is -2.55. The molecule has 0 aliphatic rings. The van der Waals surface area contributed by atoms with Crippen molar-refractivity contribution in [1.29, 1.82) is 0 Å². The number of ether oxygens (including phenoxy) is 1. The lowest BCUT2D eigenvalue weighted by molar-refractivity contribution is 0.0000554. The number of hydrogen-bond acceptors (Lipinski definition) is 9. The van der Waals surface area contributed by atoms with Gasteiger partial charge in [0, 0.05) is 46.6 Å². The number of rotatable bonds is 13. The largest absolute Gasteiger partial charge is 0.539 e. The Morgan fingerprint density at radius 1 is 0.767 bits per heavy atom. The molecule has 1 atom stereocenters. The van der Waals surface area contributed by atoms with Crippen LogP contribution in [0, 0.1) is 0 Å². The van der Waals surface area contributed by atoms with Crippen molar-refractivity contribution in [2.45, 2.75) is 79.2 Å². The highest BCUT2D eigenvalue weighted by Crippen LogP contribution is 2.30. The first-order valence-electron chi connectivity index (χ1n) is 9.75. The summed E-state index contributed by atoms with van der Waals surface area (Å²) in [6, 6.07) is 0. The normalized spacial score (nSPS) is 13.3. The van der Waals surface area contributed by atoms with Gasteiger partial charge in [-0.3, -0.25) is 0 Å². The van der Waals surface area contributed by atoms with Gasteiger partial charge in [-0.2, -0.15) is 0 Å². The average Bonchev–Trinajstić information content (AvgIpc) is 2.61. The van der Waals surface area contributed by atoms with Crippen molar-refractivity contribution in [3.63, 3.8) is 0 Å². The molecule has 30 heavy (non-hydrogen) atoms. The third kappa shape index (κ3) is 12.7. The van der Waals surface area contributed by atoms with Gasteiger partial charge in [-0.15, -0.1) is 0 Å². The van der Waals surface area contributed by atoms with Gasteiger partial charge in [0.2, 0.25) is 0 Å². The van der Waals surface area contributed by atoms with Crippen LogP contribution in [-0.2, 0) is 31.3 Å². The molecule has 0 saturated carbocycles. The first-order valence-corrected chi connectivity index (χ1v) is 14.3. The smallest absolute Gasteiger partial charge is 0.502 e. The van der Waals surface area contributed by atoms with Gasteiger partial charge in [-0.1, -0.05) is 0 Å². The first-order chi connectivity index (χ1) is 13.7. The third-order valence-electron chi connectivity index (χ3n) is 3.49. The molecule has 0 rings (SSSR count). The summed E-state index contributed by atoms with van der Waals surface area (Å²) < 4.78 is 38.2. The molecule has 0 bridgehead atoms. The van der Waals surface area contributed by atoms with E-state index in [0.29, 0.717) is 5.05 Å². The Morgan fingerprint density at radius 3 is 1.30 bits per heavy atom. The van der Waals surface area contributed by atoms with Gasteiger partial charge >= 0.3 is 17.6 Å². The molecule has 0 spiro atoms. The molecule has 12 heteroatoms. The minimum absolute atomic E-state index is 0.0500. The van der Waals surface area contributed by atoms with Gasteiger partial charge in [0.1, 0.15) is 0 Å². The Kier molecular flexibility index (Phi) is 16.9. The SMILES string of the molecule is CC(C)O[Si](OC(C)C)(OC(C)C)C(C)C(O)=S.CO[Si](COC(C)=S)(OC)OC. The van der Waals surface area contributed by atoms with Crippen LogP contribution in [0.3, 0.4) is 0 Å². The maximum atomic E-state index is 9.62. The molecule has 0 aliphatic heterocycles. The highest BCUT2D eigenvalue weighted by atomic mass is 32.1. The van der Waals surface area contributed by atoms with Gasteiger partial charge in [-0.05, 0) is 72.9 Å². The van der Waals surface area contributed by atoms with Crippen LogP contribution < -0.4 is 0 Å². The van der Waals surface area contributed by atoms with Crippen LogP contribution in [0.2, 0.25) is 5.54 Å². The maximum absolute atomic E-state index is 9.62. The average molecular weight is 505 g/mol. The molecule has 0 amide bonds. The van der Waals surface area contributed by atoms with Gasteiger partial charge in [0.25, 0.3) is 0 Å². The highest BCUT2D eigenvalue weighted by Gasteiger charge is 2.52. The maximum Gasteiger partial charge on any atom is 0.539 e. The predicted molar refractivity (Wildman–Crippen MR) is 130 cm³/mol. The summed E-state index contributed by atoms with van der Waals surface area (Å²) in [6.45, 7) is 15.0. The van der Waals surface area contributed by atoms with Gasteiger partial charge in [0.15, 0.2) is 16.3 Å². The minimum Gasteiger partial charge on any atom is -0.502 e.